The van der Waals surface area contributed by atoms with E-state index in [0.717, 1.165) is 18.5 Å². The van der Waals surface area contributed by atoms with Gasteiger partial charge in [0.15, 0.2) is 6.61 Å². The molecule has 1 aliphatic heterocycles. The molecule has 0 saturated carbocycles. The van der Waals surface area contributed by atoms with E-state index >= 15 is 0 Å². The Labute approximate surface area is 161 Å². The van der Waals surface area contributed by atoms with Crippen LogP contribution in [0, 0.1) is 0 Å². The second-order valence-corrected chi connectivity index (χ2v) is 6.81. The number of benzene rings is 2. The first-order chi connectivity index (χ1) is 12.5. The third-order valence-corrected chi connectivity index (χ3v) is 4.55. The third kappa shape index (κ3) is 4.68. The lowest BCUT2D eigenvalue weighted by Gasteiger charge is -2.27. The summed E-state index contributed by atoms with van der Waals surface area (Å²) in [7, 11) is 0. The summed E-state index contributed by atoms with van der Waals surface area (Å²) in [5.74, 6) is 0.178. The lowest BCUT2D eigenvalue weighted by Crippen LogP contribution is -2.35. The van der Waals surface area contributed by atoms with E-state index in [2.05, 4.69) is 5.32 Å². The van der Waals surface area contributed by atoms with Crippen molar-refractivity contribution in [3.8, 4) is 5.75 Å². The molecule has 0 radical (unpaired) electrons. The zero-order chi connectivity index (χ0) is 18.5. The highest BCUT2D eigenvalue weighted by atomic mass is 35.5. The molecule has 1 N–H and O–H groups in total. The van der Waals surface area contributed by atoms with Gasteiger partial charge in [-0.05, 0) is 49.2 Å². The fourth-order valence-corrected chi connectivity index (χ4v) is 3.23. The van der Waals surface area contributed by atoms with E-state index < -0.39 is 0 Å². The van der Waals surface area contributed by atoms with Crippen LogP contribution in [0.4, 0.5) is 11.4 Å². The Morgan fingerprint density at radius 3 is 2.77 bits per heavy atom. The molecule has 1 fully saturated rings. The number of amides is 2. The van der Waals surface area contributed by atoms with E-state index in [9.17, 15) is 9.59 Å². The second-order valence-electron chi connectivity index (χ2n) is 5.96. The first-order valence-corrected chi connectivity index (χ1v) is 9.06. The molecule has 1 aliphatic rings. The third-order valence-electron chi connectivity index (χ3n) is 4.02. The molecule has 0 unspecified atom stereocenters. The van der Waals surface area contributed by atoms with E-state index in [1.54, 1.807) is 35.2 Å². The summed E-state index contributed by atoms with van der Waals surface area (Å²) >= 11 is 11.8. The van der Waals surface area contributed by atoms with E-state index in [0.29, 0.717) is 34.4 Å². The fraction of sp³-hybridized carbons (Fsp3) is 0.263. The van der Waals surface area contributed by atoms with Crippen LogP contribution in [-0.4, -0.2) is 25.0 Å². The van der Waals surface area contributed by atoms with Crippen LogP contribution >= 0.6 is 23.2 Å². The predicted octanol–water partition coefficient (Wildman–Crippen LogP) is 4.53. The average molecular weight is 393 g/mol. The number of halogens is 2. The van der Waals surface area contributed by atoms with Gasteiger partial charge in [0.2, 0.25) is 5.91 Å². The van der Waals surface area contributed by atoms with Crippen LogP contribution in [0.25, 0.3) is 0 Å². The van der Waals surface area contributed by atoms with Crippen molar-refractivity contribution in [3.63, 3.8) is 0 Å². The lowest BCUT2D eigenvalue weighted by molar-refractivity contribution is -0.119. The van der Waals surface area contributed by atoms with Crippen molar-refractivity contribution in [2.24, 2.45) is 0 Å². The number of hydrogen-bond donors (Lipinski definition) is 1. The Kier molecular flexibility index (Phi) is 6.01. The Bertz CT molecular complexity index is 826. The molecule has 1 heterocycles. The lowest BCUT2D eigenvalue weighted by atomic mass is 10.1. The monoisotopic (exact) mass is 392 g/mol. The molecule has 26 heavy (non-hydrogen) atoms. The summed E-state index contributed by atoms with van der Waals surface area (Å²) < 4.78 is 5.42. The van der Waals surface area contributed by atoms with Crippen LogP contribution < -0.4 is 15.0 Å². The van der Waals surface area contributed by atoms with Gasteiger partial charge in [0.1, 0.15) is 5.75 Å². The Morgan fingerprint density at radius 2 is 2.00 bits per heavy atom. The molecule has 2 aromatic rings. The van der Waals surface area contributed by atoms with E-state index in [4.69, 9.17) is 27.9 Å². The number of nitrogens with zero attached hydrogens (tertiary/aromatic N) is 1. The smallest absolute Gasteiger partial charge is 0.262 e. The molecule has 0 spiro atoms. The first-order valence-electron chi connectivity index (χ1n) is 8.31. The minimum Gasteiger partial charge on any atom is -0.482 e. The molecule has 0 bridgehead atoms. The summed E-state index contributed by atoms with van der Waals surface area (Å²) in [5.41, 5.74) is 1.39. The fourth-order valence-electron chi connectivity index (χ4n) is 2.76. The van der Waals surface area contributed by atoms with Gasteiger partial charge in [-0.2, -0.15) is 0 Å². The van der Waals surface area contributed by atoms with Crippen molar-refractivity contribution in [2.75, 3.05) is 23.4 Å². The van der Waals surface area contributed by atoms with Crippen LogP contribution in [-0.2, 0) is 9.59 Å². The molecular weight excluding hydrogens is 375 g/mol. The Hall–Kier alpha value is -2.24. The van der Waals surface area contributed by atoms with Gasteiger partial charge in [0.25, 0.3) is 5.91 Å². The van der Waals surface area contributed by atoms with Crippen LogP contribution in [0.1, 0.15) is 19.3 Å². The maximum atomic E-state index is 12.1. The molecule has 3 rings (SSSR count). The number of rotatable bonds is 5. The van der Waals surface area contributed by atoms with Crippen molar-refractivity contribution in [2.45, 2.75) is 19.3 Å². The van der Waals surface area contributed by atoms with Gasteiger partial charge < -0.3 is 15.0 Å². The number of anilines is 2. The summed E-state index contributed by atoms with van der Waals surface area (Å²) in [6, 6.07) is 12.0. The van der Waals surface area contributed by atoms with Crippen molar-refractivity contribution in [1.82, 2.24) is 0 Å². The summed E-state index contributed by atoms with van der Waals surface area (Å²) in [6.45, 7) is 0.517. The van der Waals surface area contributed by atoms with Crippen LogP contribution in [0.5, 0.6) is 5.75 Å². The van der Waals surface area contributed by atoms with Crippen LogP contribution in [0.3, 0.4) is 0 Å². The van der Waals surface area contributed by atoms with Crippen molar-refractivity contribution in [1.29, 1.82) is 0 Å². The molecule has 2 aromatic carbocycles. The Balaban J connectivity index is 1.60. The summed E-state index contributed by atoms with van der Waals surface area (Å²) in [6.07, 6.45) is 2.47. The highest BCUT2D eigenvalue weighted by Crippen LogP contribution is 2.27. The largest absolute Gasteiger partial charge is 0.482 e. The summed E-state index contributed by atoms with van der Waals surface area (Å²) in [5, 5.41) is 3.61. The van der Waals surface area contributed by atoms with Gasteiger partial charge in [0.05, 0.1) is 5.02 Å². The van der Waals surface area contributed by atoms with E-state index in [1.807, 2.05) is 12.1 Å². The predicted molar refractivity (Wildman–Crippen MR) is 103 cm³/mol. The van der Waals surface area contributed by atoms with Gasteiger partial charge >= 0.3 is 0 Å². The molecule has 1 saturated heterocycles. The molecular formula is C19H18Cl2N2O3. The highest BCUT2D eigenvalue weighted by molar-refractivity contribution is 6.35. The standard InChI is InChI=1S/C19H18Cl2N2O3/c20-13-7-8-17(16(21)10-13)26-12-18(24)22-14-4-3-5-15(11-14)23-9-2-1-6-19(23)25/h3-5,7-8,10-11H,1-2,6,9,12H2,(H,22,24). The van der Waals surface area contributed by atoms with Gasteiger partial charge in [-0.25, -0.2) is 0 Å². The molecule has 0 aliphatic carbocycles. The van der Waals surface area contributed by atoms with E-state index in [1.165, 1.54) is 0 Å². The maximum Gasteiger partial charge on any atom is 0.262 e. The molecule has 136 valence electrons. The van der Waals surface area contributed by atoms with Crippen LogP contribution in [0.2, 0.25) is 10.0 Å². The molecule has 5 nitrogen and oxygen atoms in total. The number of hydrogen-bond acceptors (Lipinski definition) is 3. The summed E-state index contributed by atoms with van der Waals surface area (Å²) in [4.78, 5) is 25.9. The van der Waals surface area contributed by atoms with Gasteiger partial charge in [-0.3, -0.25) is 9.59 Å². The number of carbonyl (C=O) groups excluding carboxylic acids is 2. The highest BCUT2D eigenvalue weighted by Gasteiger charge is 2.19. The van der Waals surface area contributed by atoms with Gasteiger partial charge in [0, 0.05) is 29.4 Å². The maximum absolute atomic E-state index is 12.1. The average Bonchev–Trinajstić information content (AvgIpc) is 2.61. The van der Waals surface area contributed by atoms with Crippen molar-refractivity contribution >= 4 is 46.4 Å². The normalized spacial score (nSPS) is 14.2. The minimum absolute atomic E-state index is 0.112. The molecule has 2 amide bonds. The zero-order valence-electron chi connectivity index (χ0n) is 14.0. The number of piperidine rings is 1. The quantitative estimate of drug-likeness (QED) is 0.812. The van der Waals surface area contributed by atoms with E-state index in [-0.39, 0.29) is 18.4 Å². The zero-order valence-corrected chi connectivity index (χ0v) is 15.5. The topological polar surface area (TPSA) is 58.6 Å². The number of ether oxygens (including phenoxy) is 1. The molecule has 0 atom stereocenters. The van der Waals surface area contributed by atoms with Gasteiger partial charge in [-0.1, -0.05) is 29.3 Å². The number of nitrogens with one attached hydrogen (secondary N) is 1. The number of carbonyl (C=O) groups is 2. The van der Waals surface area contributed by atoms with Gasteiger partial charge in [-0.15, -0.1) is 0 Å². The SMILES string of the molecule is O=C(COc1ccc(Cl)cc1Cl)Nc1cccc(N2CCCCC2=O)c1. The second kappa shape index (κ2) is 8.43. The van der Waals surface area contributed by atoms with Crippen LogP contribution in [0.15, 0.2) is 42.5 Å². The minimum atomic E-state index is -0.321. The first kappa shape index (κ1) is 18.5. The van der Waals surface area contributed by atoms with Crippen molar-refractivity contribution < 1.29 is 14.3 Å². The molecule has 0 aromatic heterocycles. The Morgan fingerprint density at radius 1 is 1.15 bits per heavy atom. The van der Waals surface area contributed by atoms with Crippen molar-refractivity contribution in [3.05, 3.63) is 52.5 Å². The molecule has 7 heteroatoms.